The molecule has 2 saturated heterocycles. The Balaban J connectivity index is 1.45. The molecule has 2 aliphatic carbocycles. The summed E-state index contributed by atoms with van der Waals surface area (Å²) in [5.74, 6) is -4.82. The smallest absolute Gasteiger partial charge is 0.307 e. The highest BCUT2D eigenvalue weighted by molar-refractivity contribution is 6.08. The minimum atomic E-state index is -0.634. The zero-order valence-electron chi connectivity index (χ0n) is 32.9. The molecule has 11 heteroatoms. The second-order valence-corrected chi connectivity index (χ2v) is 15.6. The molecule has 5 rings (SSSR count). The van der Waals surface area contributed by atoms with Crippen molar-refractivity contribution in [2.24, 2.45) is 64.9 Å². The van der Waals surface area contributed by atoms with Crippen LogP contribution in [0.3, 0.4) is 0 Å². The summed E-state index contributed by atoms with van der Waals surface area (Å²) in [6.07, 6.45) is 14.4. The van der Waals surface area contributed by atoms with Gasteiger partial charge in [0.15, 0.2) is 0 Å². The number of likely N-dealkylation sites (tertiary alicyclic amines) is 2. The number of hydrogen-bond acceptors (Lipinski definition) is 9. The Bertz CT molecular complexity index is 1710. The van der Waals surface area contributed by atoms with E-state index in [9.17, 15) is 24.0 Å². The quantitative estimate of drug-likeness (QED) is 0.0962. The third-order valence-electron chi connectivity index (χ3n) is 11.1. The van der Waals surface area contributed by atoms with Crippen LogP contribution in [-0.4, -0.2) is 92.4 Å². The van der Waals surface area contributed by atoms with Crippen LogP contribution in [0.25, 0.3) is 6.08 Å². The van der Waals surface area contributed by atoms with Gasteiger partial charge in [-0.25, -0.2) is 0 Å². The zero-order chi connectivity index (χ0) is 39.8. The number of nitrogens with one attached hydrogen (secondary N) is 1. The highest BCUT2D eigenvalue weighted by atomic mass is 16.6. The third-order valence-corrected chi connectivity index (χ3v) is 11.1. The van der Waals surface area contributed by atoms with E-state index >= 15 is 0 Å². The Kier molecular flexibility index (Phi) is 14.4. The number of benzene rings is 1. The molecule has 4 aliphatic rings. The standard InChI is InChI=1S/C44H58N4O7/c1-7-30-34(25-27(2)3)32(38-37(30)41(50)48(44(38)53)22-20-46-19-17-36(49)55-24-23-54-6)15-16-33-35(26-28(4)5)31(14-13-29-11-9-8-10-12-29)39-40(33)43(52)47(21-18-45)42(39)51/h7-16,25-28,30-33,37-40,46H,1,17-24,45H2,2-6H3/b14-13?,16-15-,34-25?,35-26?/t30-,31+,32+,33-,37+,38-,39-,40+/m0/s1. The summed E-state index contributed by atoms with van der Waals surface area (Å²) in [6, 6.07) is 9.89. The molecule has 2 heterocycles. The van der Waals surface area contributed by atoms with Gasteiger partial charge in [-0.3, -0.25) is 33.8 Å². The van der Waals surface area contributed by atoms with E-state index in [1.807, 2.05) is 48.6 Å². The van der Waals surface area contributed by atoms with Gasteiger partial charge in [-0.05, 0) is 17.4 Å². The first-order valence-electron chi connectivity index (χ1n) is 19.7. The number of nitrogens with two attached hydrogens (primary N) is 1. The number of allylic oxidation sites excluding steroid dienone is 8. The summed E-state index contributed by atoms with van der Waals surface area (Å²) in [4.78, 5) is 71.0. The molecule has 4 amide bonds. The lowest BCUT2D eigenvalue weighted by Crippen LogP contribution is -2.39. The number of rotatable bonds is 18. The number of nitrogens with zero attached hydrogens (tertiary/aromatic N) is 2. The average molecular weight is 755 g/mol. The van der Waals surface area contributed by atoms with E-state index in [0.717, 1.165) is 16.7 Å². The molecule has 55 heavy (non-hydrogen) atoms. The van der Waals surface area contributed by atoms with E-state index in [-0.39, 0.29) is 85.9 Å². The molecular weight excluding hydrogens is 697 g/mol. The molecule has 296 valence electrons. The highest BCUT2D eigenvalue weighted by Crippen LogP contribution is 2.55. The van der Waals surface area contributed by atoms with Crippen molar-refractivity contribution in [2.45, 2.75) is 34.1 Å². The fourth-order valence-electron chi connectivity index (χ4n) is 8.93. The Morgan fingerprint density at radius 1 is 0.764 bits per heavy atom. The predicted molar refractivity (Wildman–Crippen MR) is 211 cm³/mol. The summed E-state index contributed by atoms with van der Waals surface area (Å²) < 4.78 is 10.0. The molecule has 0 bridgehead atoms. The number of esters is 1. The van der Waals surface area contributed by atoms with Gasteiger partial charge in [0.2, 0.25) is 23.6 Å². The lowest BCUT2D eigenvalue weighted by atomic mass is 9.84. The van der Waals surface area contributed by atoms with E-state index in [2.05, 4.69) is 57.8 Å². The van der Waals surface area contributed by atoms with Crippen LogP contribution in [0.2, 0.25) is 0 Å². The van der Waals surface area contributed by atoms with Crippen molar-refractivity contribution in [2.75, 3.05) is 53.0 Å². The SMILES string of the molecule is C=C[C@H]1C(=CC(C)C)[C@@H](/C=C\[C@H]2C(=CC(C)C)[C@@H](C=Cc3ccccc3)[C@@H]3C(=O)N(CCN)C(=O)[C@@H]32)[C@@H]2C(=O)N(CCNCCC(=O)OCCOC)C(=O)[C@@H]21. The topological polar surface area (TPSA) is 148 Å². The van der Waals surface area contributed by atoms with Crippen molar-refractivity contribution in [1.29, 1.82) is 0 Å². The summed E-state index contributed by atoms with van der Waals surface area (Å²) in [7, 11) is 1.53. The first kappa shape index (κ1) is 41.7. The first-order chi connectivity index (χ1) is 26.4. The summed E-state index contributed by atoms with van der Waals surface area (Å²) in [6.45, 7) is 14.1. The minimum Gasteiger partial charge on any atom is -0.463 e. The number of carbonyl (C=O) groups is 5. The Morgan fingerprint density at radius 2 is 1.27 bits per heavy atom. The zero-order valence-corrected chi connectivity index (χ0v) is 32.9. The fourth-order valence-corrected chi connectivity index (χ4v) is 8.93. The van der Waals surface area contributed by atoms with E-state index in [1.165, 1.54) is 16.9 Å². The molecule has 4 fully saturated rings. The van der Waals surface area contributed by atoms with Crippen LogP contribution >= 0.6 is 0 Å². The maximum absolute atomic E-state index is 14.2. The van der Waals surface area contributed by atoms with Gasteiger partial charge in [-0.15, -0.1) is 6.58 Å². The molecule has 0 radical (unpaired) electrons. The van der Waals surface area contributed by atoms with E-state index in [1.54, 1.807) is 6.08 Å². The maximum Gasteiger partial charge on any atom is 0.307 e. The van der Waals surface area contributed by atoms with Gasteiger partial charge >= 0.3 is 5.97 Å². The van der Waals surface area contributed by atoms with Gasteiger partial charge in [-0.2, -0.15) is 0 Å². The van der Waals surface area contributed by atoms with E-state index < -0.39 is 35.5 Å². The molecule has 1 aromatic rings. The van der Waals surface area contributed by atoms with E-state index in [4.69, 9.17) is 15.2 Å². The normalized spacial score (nSPS) is 29.4. The van der Waals surface area contributed by atoms with Crippen LogP contribution < -0.4 is 11.1 Å². The molecule has 0 unspecified atom stereocenters. The fraction of sp³-hybridized carbons (Fsp3) is 0.523. The lowest BCUT2D eigenvalue weighted by Gasteiger charge is -2.23. The van der Waals surface area contributed by atoms with Crippen molar-refractivity contribution < 1.29 is 33.4 Å². The largest absolute Gasteiger partial charge is 0.463 e. The van der Waals surface area contributed by atoms with Crippen molar-refractivity contribution in [1.82, 2.24) is 15.1 Å². The van der Waals surface area contributed by atoms with Crippen LogP contribution in [0.15, 0.2) is 84.5 Å². The Hall–Kier alpha value is -4.45. The van der Waals surface area contributed by atoms with Crippen molar-refractivity contribution in [3.63, 3.8) is 0 Å². The van der Waals surface area contributed by atoms with Gasteiger partial charge < -0.3 is 20.5 Å². The third kappa shape index (κ3) is 9.00. The van der Waals surface area contributed by atoms with Crippen LogP contribution in [0.5, 0.6) is 0 Å². The molecular formula is C44H58N4O7. The van der Waals surface area contributed by atoms with Crippen molar-refractivity contribution in [3.05, 3.63) is 90.1 Å². The van der Waals surface area contributed by atoms with Crippen LogP contribution in [0.1, 0.15) is 39.7 Å². The number of ether oxygens (including phenoxy) is 2. The number of fused-ring (bicyclic) bond motifs is 2. The summed E-state index contributed by atoms with van der Waals surface area (Å²) in [5.41, 5.74) is 8.86. The summed E-state index contributed by atoms with van der Waals surface area (Å²) >= 11 is 0. The van der Waals surface area contributed by atoms with Crippen molar-refractivity contribution >= 4 is 35.7 Å². The Morgan fingerprint density at radius 3 is 1.78 bits per heavy atom. The van der Waals surface area contributed by atoms with Crippen LogP contribution in [0.4, 0.5) is 0 Å². The minimum absolute atomic E-state index is 0.150. The molecule has 0 aromatic heterocycles. The number of imide groups is 2. The monoisotopic (exact) mass is 754 g/mol. The van der Waals surface area contributed by atoms with Gasteiger partial charge in [0.25, 0.3) is 0 Å². The average Bonchev–Trinajstić information content (AvgIpc) is 3.78. The van der Waals surface area contributed by atoms with Gasteiger partial charge in [-0.1, -0.05) is 112 Å². The summed E-state index contributed by atoms with van der Waals surface area (Å²) in [5, 5.41) is 3.15. The second kappa shape index (κ2) is 18.9. The van der Waals surface area contributed by atoms with Gasteiger partial charge in [0.1, 0.15) is 6.61 Å². The predicted octanol–water partition coefficient (Wildman–Crippen LogP) is 4.43. The molecule has 2 aliphatic heterocycles. The number of carbonyl (C=O) groups excluding carboxylic acids is 5. The lowest BCUT2D eigenvalue weighted by molar-refractivity contribution is -0.145. The molecule has 1 aromatic carbocycles. The highest BCUT2D eigenvalue weighted by Gasteiger charge is 2.61. The molecule has 2 saturated carbocycles. The molecule has 8 atom stereocenters. The number of methoxy groups -OCH3 is 1. The van der Waals surface area contributed by atoms with Crippen LogP contribution in [0, 0.1) is 59.2 Å². The molecule has 11 nitrogen and oxygen atoms in total. The van der Waals surface area contributed by atoms with Crippen molar-refractivity contribution in [3.8, 4) is 0 Å². The molecule has 0 spiro atoms. The first-order valence-corrected chi connectivity index (χ1v) is 19.7. The number of amides is 4. The molecule has 3 N–H and O–H groups in total. The van der Waals surface area contributed by atoms with Gasteiger partial charge in [0, 0.05) is 63.5 Å². The van der Waals surface area contributed by atoms with Crippen LogP contribution in [-0.2, 0) is 33.4 Å². The van der Waals surface area contributed by atoms with E-state index in [0.29, 0.717) is 19.7 Å². The Labute approximate surface area is 325 Å². The second-order valence-electron chi connectivity index (χ2n) is 15.6. The number of hydrogen-bond donors (Lipinski definition) is 2. The van der Waals surface area contributed by atoms with Gasteiger partial charge in [0.05, 0.1) is 36.7 Å². The maximum atomic E-state index is 14.2.